The number of guanidine groups is 1. The number of ether oxygens (including phenoxy) is 2. The summed E-state index contributed by atoms with van der Waals surface area (Å²) >= 11 is 0. The normalized spacial score (nSPS) is 15.7. The van der Waals surface area contributed by atoms with Crippen molar-refractivity contribution in [3.8, 4) is 0 Å². The molecule has 3 rings (SSSR count). The molecule has 1 aliphatic rings. The molecule has 2 aromatic rings. The van der Waals surface area contributed by atoms with E-state index in [0.29, 0.717) is 25.2 Å². The van der Waals surface area contributed by atoms with Crippen LogP contribution in [-0.4, -0.2) is 25.3 Å². The van der Waals surface area contributed by atoms with Gasteiger partial charge >= 0.3 is 0 Å². The van der Waals surface area contributed by atoms with E-state index in [0.717, 1.165) is 42.9 Å². The summed E-state index contributed by atoms with van der Waals surface area (Å²) in [5.41, 5.74) is 11.7. The third kappa shape index (κ3) is 6.38. The molecule has 0 amide bonds. The van der Waals surface area contributed by atoms with E-state index in [1.807, 2.05) is 6.07 Å². The molecule has 1 heterocycles. The molecular formula is C22H29N3O2. The first kappa shape index (κ1) is 19.4. The van der Waals surface area contributed by atoms with E-state index < -0.39 is 0 Å². The molecule has 3 N–H and O–H groups in total. The van der Waals surface area contributed by atoms with Gasteiger partial charge in [0.2, 0.25) is 0 Å². The van der Waals surface area contributed by atoms with Crippen LogP contribution in [0.5, 0.6) is 0 Å². The second kappa shape index (κ2) is 9.53. The van der Waals surface area contributed by atoms with Gasteiger partial charge in [0.05, 0.1) is 19.3 Å². The number of nitrogens with zero attached hydrogens (tertiary/aromatic N) is 1. The lowest BCUT2D eigenvalue weighted by Crippen LogP contribution is -2.23. The fraction of sp³-hybridized carbons (Fsp3) is 0.409. The Morgan fingerprint density at radius 3 is 2.56 bits per heavy atom. The molecule has 1 aliphatic heterocycles. The summed E-state index contributed by atoms with van der Waals surface area (Å²) in [5, 5.41) is 3.17. The third-order valence-electron chi connectivity index (χ3n) is 4.57. The van der Waals surface area contributed by atoms with Crippen LogP contribution in [0.1, 0.15) is 35.1 Å². The lowest BCUT2D eigenvalue weighted by molar-refractivity contribution is -0.0390. The van der Waals surface area contributed by atoms with Crippen LogP contribution in [-0.2, 0) is 22.6 Å². The van der Waals surface area contributed by atoms with E-state index in [9.17, 15) is 0 Å². The fourth-order valence-corrected chi connectivity index (χ4v) is 3.29. The van der Waals surface area contributed by atoms with Gasteiger partial charge in [-0.25, -0.2) is 4.99 Å². The average molecular weight is 367 g/mol. The first-order valence-electron chi connectivity index (χ1n) is 9.51. The highest BCUT2D eigenvalue weighted by molar-refractivity contribution is 5.92. The van der Waals surface area contributed by atoms with Gasteiger partial charge in [-0.15, -0.1) is 0 Å². The van der Waals surface area contributed by atoms with Gasteiger partial charge in [0, 0.05) is 18.9 Å². The molecule has 5 heteroatoms. The molecule has 27 heavy (non-hydrogen) atoms. The van der Waals surface area contributed by atoms with Crippen LogP contribution in [0.4, 0.5) is 5.69 Å². The van der Waals surface area contributed by atoms with Crippen molar-refractivity contribution in [3.05, 3.63) is 64.7 Å². The van der Waals surface area contributed by atoms with E-state index in [-0.39, 0.29) is 0 Å². The molecule has 0 atom stereocenters. The number of aryl methyl sites for hydroxylation is 2. The van der Waals surface area contributed by atoms with Crippen molar-refractivity contribution in [1.82, 2.24) is 0 Å². The molecule has 0 radical (unpaired) electrons. The van der Waals surface area contributed by atoms with Crippen LogP contribution in [0.2, 0.25) is 0 Å². The van der Waals surface area contributed by atoms with Crippen LogP contribution in [0.25, 0.3) is 0 Å². The Bertz CT molecular complexity index is 763. The number of hydrogen-bond acceptors (Lipinski definition) is 3. The zero-order valence-corrected chi connectivity index (χ0v) is 16.2. The predicted octanol–water partition coefficient (Wildman–Crippen LogP) is 3.93. The highest BCUT2D eigenvalue weighted by Crippen LogP contribution is 2.15. The summed E-state index contributed by atoms with van der Waals surface area (Å²) in [6.45, 7) is 6.89. The molecule has 2 aromatic carbocycles. The number of nitrogens with one attached hydrogen (secondary N) is 1. The summed E-state index contributed by atoms with van der Waals surface area (Å²) in [7, 11) is 0. The molecule has 0 bridgehead atoms. The second-order valence-corrected chi connectivity index (χ2v) is 7.15. The molecule has 1 saturated heterocycles. The monoisotopic (exact) mass is 367 g/mol. The first-order chi connectivity index (χ1) is 13.1. The SMILES string of the molecule is Cc1cc(C)cc(NC(N)=NCc2cccc(COC3CCOCC3)c2)c1. The van der Waals surface area contributed by atoms with E-state index in [4.69, 9.17) is 15.2 Å². The summed E-state index contributed by atoms with van der Waals surface area (Å²) in [6, 6.07) is 14.6. The standard InChI is InChI=1S/C22H29N3O2/c1-16-10-17(2)12-20(11-16)25-22(23)24-14-18-4-3-5-19(13-18)15-27-21-6-8-26-9-7-21/h3-5,10-13,21H,6-9,14-15H2,1-2H3,(H3,23,24,25). The zero-order chi connectivity index (χ0) is 19.1. The second-order valence-electron chi connectivity index (χ2n) is 7.15. The molecule has 0 saturated carbocycles. The Kier molecular flexibility index (Phi) is 6.85. The summed E-state index contributed by atoms with van der Waals surface area (Å²) < 4.78 is 11.4. The number of hydrogen-bond donors (Lipinski definition) is 2. The zero-order valence-electron chi connectivity index (χ0n) is 16.2. The summed E-state index contributed by atoms with van der Waals surface area (Å²) in [4.78, 5) is 4.47. The smallest absolute Gasteiger partial charge is 0.193 e. The van der Waals surface area contributed by atoms with Crippen molar-refractivity contribution in [3.63, 3.8) is 0 Å². The van der Waals surface area contributed by atoms with E-state index in [2.05, 4.69) is 60.6 Å². The highest BCUT2D eigenvalue weighted by Gasteiger charge is 2.13. The van der Waals surface area contributed by atoms with E-state index >= 15 is 0 Å². The van der Waals surface area contributed by atoms with Gasteiger partial charge in [0.15, 0.2) is 5.96 Å². The van der Waals surface area contributed by atoms with Crippen LogP contribution < -0.4 is 11.1 Å². The minimum atomic E-state index is 0.304. The molecule has 0 aromatic heterocycles. The predicted molar refractivity (Wildman–Crippen MR) is 110 cm³/mol. The van der Waals surface area contributed by atoms with Crippen LogP contribution in [0.3, 0.4) is 0 Å². The first-order valence-corrected chi connectivity index (χ1v) is 9.51. The Hall–Kier alpha value is -2.37. The fourth-order valence-electron chi connectivity index (χ4n) is 3.29. The van der Waals surface area contributed by atoms with Gasteiger partial charge in [0.1, 0.15) is 0 Å². The topological polar surface area (TPSA) is 68.9 Å². The minimum Gasteiger partial charge on any atom is -0.381 e. The van der Waals surface area contributed by atoms with Crippen molar-refractivity contribution in [2.24, 2.45) is 10.7 Å². The third-order valence-corrected chi connectivity index (χ3v) is 4.57. The lowest BCUT2D eigenvalue weighted by atomic mass is 10.1. The lowest BCUT2D eigenvalue weighted by Gasteiger charge is -2.22. The quantitative estimate of drug-likeness (QED) is 0.600. The van der Waals surface area contributed by atoms with Crippen LogP contribution in [0, 0.1) is 13.8 Å². The number of aliphatic imine (C=N–C) groups is 1. The van der Waals surface area contributed by atoms with E-state index in [1.165, 1.54) is 11.1 Å². The van der Waals surface area contributed by atoms with Gasteiger partial charge in [-0.05, 0) is 61.1 Å². The molecule has 1 fully saturated rings. The maximum absolute atomic E-state index is 6.05. The largest absolute Gasteiger partial charge is 0.381 e. The van der Waals surface area contributed by atoms with Crippen molar-refractivity contribution in [1.29, 1.82) is 0 Å². The van der Waals surface area contributed by atoms with Crippen molar-refractivity contribution in [2.75, 3.05) is 18.5 Å². The van der Waals surface area contributed by atoms with Gasteiger partial charge in [-0.2, -0.15) is 0 Å². The maximum atomic E-state index is 6.05. The van der Waals surface area contributed by atoms with Gasteiger partial charge in [-0.1, -0.05) is 30.3 Å². The van der Waals surface area contributed by atoms with E-state index in [1.54, 1.807) is 0 Å². The van der Waals surface area contributed by atoms with Gasteiger partial charge < -0.3 is 20.5 Å². The Morgan fingerprint density at radius 2 is 1.81 bits per heavy atom. The number of benzene rings is 2. The molecule has 0 unspecified atom stereocenters. The minimum absolute atomic E-state index is 0.304. The molecule has 5 nitrogen and oxygen atoms in total. The number of rotatable bonds is 6. The summed E-state index contributed by atoms with van der Waals surface area (Å²) in [6.07, 6.45) is 2.26. The Labute approximate surface area is 161 Å². The van der Waals surface area contributed by atoms with Crippen LogP contribution in [0.15, 0.2) is 47.5 Å². The van der Waals surface area contributed by atoms with Crippen LogP contribution >= 0.6 is 0 Å². The van der Waals surface area contributed by atoms with Gasteiger partial charge in [-0.3, -0.25) is 0 Å². The van der Waals surface area contributed by atoms with Gasteiger partial charge in [0.25, 0.3) is 0 Å². The number of nitrogens with two attached hydrogens (primary N) is 1. The average Bonchev–Trinajstić information content (AvgIpc) is 2.65. The van der Waals surface area contributed by atoms with Crippen molar-refractivity contribution < 1.29 is 9.47 Å². The Balaban J connectivity index is 1.54. The Morgan fingerprint density at radius 1 is 1.11 bits per heavy atom. The van der Waals surface area contributed by atoms with Crippen molar-refractivity contribution in [2.45, 2.75) is 45.9 Å². The highest BCUT2D eigenvalue weighted by atomic mass is 16.5. The molecular weight excluding hydrogens is 338 g/mol. The van der Waals surface area contributed by atoms with Crippen molar-refractivity contribution >= 4 is 11.6 Å². The molecule has 0 aliphatic carbocycles. The maximum Gasteiger partial charge on any atom is 0.193 e. The summed E-state index contributed by atoms with van der Waals surface area (Å²) in [5.74, 6) is 0.420. The molecule has 0 spiro atoms. The molecule has 144 valence electrons. The number of anilines is 1.